The number of aryl methyl sites for hydroxylation is 1. The van der Waals surface area contributed by atoms with Gasteiger partial charge in [-0.25, -0.2) is 0 Å². The molecule has 3 rings (SSSR count). The predicted molar refractivity (Wildman–Crippen MR) is 86.6 cm³/mol. The molecule has 0 aliphatic carbocycles. The van der Waals surface area contributed by atoms with Gasteiger partial charge in [0.2, 0.25) is 11.8 Å². The summed E-state index contributed by atoms with van der Waals surface area (Å²) in [6.07, 6.45) is 3.91. The van der Waals surface area contributed by atoms with E-state index < -0.39 is 0 Å². The van der Waals surface area contributed by atoms with Crippen LogP contribution in [0.4, 0.5) is 5.69 Å². The van der Waals surface area contributed by atoms with E-state index in [0.717, 1.165) is 11.3 Å². The fourth-order valence-corrected chi connectivity index (χ4v) is 2.95. The summed E-state index contributed by atoms with van der Waals surface area (Å²) in [5.41, 5.74) is 1.83. The van der Waals surface area contributed by atoms with Crippen LogP contribution in [0.2, 0.25) is 0 Å². The third-order valence-corrected chi connectivity index (χ3v) is 4.10. The lowest BCUT2D eigenvalue weighted by Gasteiger charge is -2.21. The first-order valence-corrected chi connectivity index (χ1v) is 7.62. The average Bonchev–Trinajstić information content (AvgIpc) is 3.13. The number of carbonyl (C=O) groups excluding carboxylic acids is 2. The molecule has 2 amide bonds. The lowest BCUT2D eigenvalue weighted by atomic mass is 10.1. The molecule has 1 aliphatic heterocycles. The number of aromatic nitrogens is 2. The molecule has 0 bridgehead atoms. The van der Waals surface area contributed by atoms with Crippen molar-refractivity contribution < 1.29 is 9.59 Å². The SMILES string of the molecule is CN(Cc1cnn(C)c1)C(=O)[C@H]1CC(=O)N(c2ccccc2)C1. The Balaban J connectivity index is 1.65. The topological polar surface area (TPSA) is 58.4 Å². The minimum atomic E-state index is -0.288. The number of nitrogens with zero attached hydrogens (tertiary/aromatic N) is 4. The van der Waals surface area contributed by atoms with Crippen LogP contribution in [0.3, 0.4) is 0 Å². The Morgan fingerprint density at radius 2 is 2.09 bits per heavy atom. The minimum Gasteiger partial charge on any atom is -0.341 e. The number of para-hydroxylation sites is 1. The molecule has 23 heavy (non-hydrogen) atoms. The molecular weight excluding hydrogens is 292 g/mol. The number of anilines is 1. The summed E-state index contributed by atoms with van der Waals surface area (Å²) in [5.74, 6) is -0.283. The molecule has 6 heteroatoms. The molecule has 1 aromatic carbocycles. The molecule has 2 heterocycles. The first-order chi connectivity index (χ1) is 11.0. The third kappa shape index (κ3) is 3.26. The van der Waals surface area contributed by atoms with E-state index >= 15 is 0 Å². The largest absolute Gasteiger partial charge is 0.341 e. The van der Waals surface area contributed by atoms with Crippen LogP contribution in [0.1, 0.15) is 12.0 Å². The van der Waals surface area contributed by atoms with Gasteiger partial charge in [0.15, 0.2) is 0 Å². The molecule has 120 valence electrons. The molecule has 0 unspecified atom stereocenters. The number of amides is 2. The van der Waals surface area contributed by atoms with Crippen LogP contribution in [0.15, 0.2) is 42.7 Å². The second kappa shape index (κ2) is 6.24. The quantitative estimate of drug-likeness (QED) is 0.858. The molecule has 0 radical (unpaired) electrons. The molecule has 1 atom stereocenters. The average molecular weight is 312 g/mol. The fraction of sp³-hybridized carbons (Fsp3) is 0.353. The number of rotatable bonds is 4. The monoisotopic (exact) mass is 312 g/mol. The van der Waals surface area contributed by atoms with Gasteiger partial charge in [0.05, 0.1) is 12.1 Å². The third-order valence-electron chi connectivity index (χ3n) is 4.10. The van der Waals surface area contributed by atoms with E-state index in [1.54, 1.807) is 27.7 Å². The van der Waals surface area contributed by atoms with E-state index in [0.29, 0.717) is 13.1 Å². The Morgan fingerprint density at radius 1 is 1.35 bits per heavy atom. The van der Waals surface area contributed by atoms with Crippen molar-refractivity contribution >= 4 is 17.5 Å². The Labute approximate surface area is 135 Å². The maximum Gasteiger partial charge on any atom is 0.228 e. The standard InChI is InChI=1S/C17H20N4O2/c1-19(10-13-9-18-20(2)11-13)17(23)14-8-16(22)21(12-14)15-6-4-3-5-7-15/h3-7,9,11,14H,8,10,12H2,1-2H3/t14-/m0/s1. The fourth-order valence-electron chi connectivity index (χ4n) is 2.95. The highest BCUT2D eigenvalue weighted by molar-refractivity contribution is 6.00. The van der Waals surface area contributed by atoms with Gasteiger partial charge in [-0.2, -0.15) is 5.10 Å². The van der Waals surface area contributed by atoms with Gasteiger partial charge in [-0.05, 0) is 12.1 Å². The number of benzene rings is 1. The van der Waals surface area contributed by atoms with Crippen LogP contribution in [-0.2, 0) is 23.2 Å². The van der Waals surface area contributed by atoms with Crippen LogP contribution in [-0.4, -0.2) is 40.1 Å². The maximum atomic E-state index is 12.6. The van der Waals surface area contributed by atoms with Crippen molar-refractivity contribution in [1.82, 2.24) is 14.7 Å². The summed E-state index contributed by atoms with van der Waals surface area (Å²) < 4.78 is 1.71. The van der Waals surface area contributed by atoms with Crippen molar-refractivity contribution in [3.8, 4) is 0 Å². The normalized spacial score (nSPS) is 17.6. The lowest BCUT2D eigenvalue weighted by molar-refractivity contribution is -0.135. The Hall–Kier alpha value is -2.63. The summed E-state index contributed by atoms with van der Waals surface area (Å²) in [5, 5.41) is 4.11. The van der Waals surface area contributed by atoms with Gasteiger partial charge in [0.1, 0.15) is 0 Å². The molecule has 0 spiro atoms. The van der Waals surface area contributed by atoms with Crippen LogP contribution in [0, 0.1) is 5.92 Å². The lowest BCUT2D eigenvalue weighted by Crippen LogP contribution is -2.34. The highest BCUT2D eigenvalue weighted by Gasteiger charge is 2.36. The van der Waals surface area contributed by atoms with Gasteiger partial charge in [0.25, 0.3) is 0 Å². The zero-order valence-electron chi connectivity index (χ0n) is 13.3. The van der Waals surface area contributed by atoms with Crippen LogP contribution < -0.4 is 4.90 Å². The molecule has 1 fully saturated rings. The van der Waals surface area contributed by atoms with Crippen molar-refractivity contribution in [2.75, 3.05) is 18.5 Å². The summed E-state index contributed by atoms with van der Waals surface area (Å²) in [7, 11) is 3.61. The Morgan fingerprint density at radius 3 is 2.74 bits per heavy atom. The number of hydrogen-bond donors (Lipinski definition) is 0. The Kier molecular flexibility index (Phi) is 4.14. The van der Waals surface area contributed by atoms with Crippen LogP contribution in [0.5, 0.6) is 0 Å². The smallest absolute Gasteiger partial charge is 0.228 e. The predicted octanol–water partition coefficient (Wildman–Crippen LogP) is 1.43. The van der Waals surface area contributed by atoms with E-state index in [9.17, 15) is 9.59 Å². The van der Waals surface area contributed by atoms with Crippen molar-refractivity contribution in [2.24, 2.45) is 13.0 Å². The first kappa shape index (κ1) is 15.3. The maximum absolute atomic E-state index is 12.6. The van der Waals surface area contributed by atoms with E-state index in [1.807, 2.05) is 43.6 Å². The van der Waals surface area contributed by atoms with Crippen molar-refractivity contribution in [3.63, 3.8) is 0 Å². The van der Waals surface area contributed by atoms with Gasteiger partial charge in [0, 0.05) is 51.1 Å². The molecule has 1 aliphatic rings. The second-order valence-corrected chi connectivity index (χ2v) is 5.96. The Bertz CT molecular complexity index is 710. The van der Waals surface area contributed by atoms with Crippen molar-refractivity contribution in [2.45, 2.75) is 13.0 Å². The van der Waals surface area contributed by atoms with Gasteiger partial charge in [-0.15, -0.1) is 0 Å². The van der Waals surface area contributed by atoms with Gasteiger partial charge < -0.3 is 9.80 Å². The van der Waals surface area contributed by atoms with Gasteiger partial charge in [-0.1, -0.05) is 18.2 Å². The molecule has 0 N–H and O–H groups in total. The number of hydrogen-bond acceptors (Lipinski definition) is 3. The first-order valence-electron chi connectivity index (χ1n) is 7.62. The minimum absolute atomic E-state index is 0.000587. The second-order valence-electron chi connectivity index (χ2n) is 5.96. The van der Waals surface area contributed by atoms with Crippen molar-refractivity contribution in [1.29, 1.82) is 0 Å². The molecule has 0 saturated carbocycles. The summed E-state index contributed by atoms with van der Waals surface area (Å²) in [6, 6.07) is 9.49. The molecule has 1 saturated heterocycles. The highest BCUT2D eigenvalue weighted by Crippen LogP contribution is 2.26. The summed E-state index contributed by atoms with van der Waals surface area (Å²) >= 11 is 0. The highest BCUT2D eigenvalue weighted by atomic mass is 16.2. The molecule has 1 aromatic heterocycles. The summed E-state index contributed by atoms with van der Waals surface area (Å²) in [4.78, 5) is 28.2. The van der Waals surface area contributed by atoms with Crippen LogP contribution >= 0.6 is 0 Å². The number of carbonyl (C=O) groups is 2. The van der Waals surface area contributed by atoms with E-state index in [-0.39, 0.29) is 24.2 Å². The van der Waals surface area contributed by atoms with E-state index in [4.69, 9.17) is 0 Å². The van der Waals surface area contributed by atoms with Crippen LogP contribution in [0.25, 0.3) is 0 Å². The molecule has 2 aromatic rings. The van der Waals surface area contributed by atoms with Gasteiger partial charge >= 0.3 is 0 Å². The van der Waals surface area contributed by atoms with Crippen molar-refractivity contribution in [3.05, 3.63) is 48.3 Å². The summed E-state index contributed by atoms with van der Waals surface area (Å²) in [6.45, 7) is 0.946. The zero-order valence-corrected chi connectivity index (χ0v) is 13.3. The molecular formula is C17H20N4O2. The van der Waals surface area contributed by atoms with E-state index in [2.05, 4.69) is 5.10 Å². The van der Waals surface area contributed by atoms with E-state index in [1.165, 1.54) is 0 Å². The zero-order chi connectivity index (χ0) is 16.4. The van der Waals surface area contributed by atoms with Gasteiger partial charge in [-0.3, -0.25) is 14.3 Å². The molecule has 6 nitrogen and oxygen atoms in total.